The Labute approximate surface area is 147 Å². The Hall–Kier alpha value is -2.24. The van der Waals surface area contributed by atoms with Crippen LogP contribution in [0.3, 0.4) is 0 Å². The van der Waals surface area contributed by atoms with E-state index in [1.165, 1.54) is 0 Å². The van der Waals surface area contributed by atoms with Gasteiger partial charge in [0.2, 0.25) is 0 Å². The molecular formula is C20H23NO4. The Morgan fingerprint density at radius 2 is 1.76 bits per heavy atom. The highest BCUT2D eigenvalue weighted by molar-refractivity contribution is 5.78. The first-order valence-electron chi connectivity index (χ1n) is 8.59. The zero-order chi connectivity index (χ0) is 17.7. The van der Waals surface area contributed by atoms with Gasteiger partial charge in [-0.25, -0.2) is 4.79 Å². The number of aliphatic hydroxyl groups is 1. The molecule has 0 aliphatic carbocycles. The molecule has 1 aromatic heterocycles. The van der Waals surface area contributed by atoms with Crippen molar-refractivity contribution >= 4 is 5.97 Å². The van der Waals surface area contributed by atoms with Crippen LogP contribution in [0.15, 0.2) is 48.7 Å². The number of rotatable bonds is 6. The minimum Gasteiger partial charge on any atom is -0.479 e. The van der Waals surface area contributed by atoms with Gasteiger partial charge in [0.15, 0.2) is 5.60 Å². The lowest BCUT2D eigenvalue weighted by atomic mass is 9.88. The van der Waals surface area contributed by atoms with E-state index in [0.717, 1.165) is 42.9 Å². The number of carboxylic acids is 1. The Balaban J connectivity index is 1.72. The van der Waals surface area contributed by atoms with E-state index in [9.17, 15) is 15.0 Å². The first-order valence-corrected chi connectivity index (χ1v) is 8.59. The number of ether oxygens (including phenoxy) is 1. The zero-order valence-electron chi connectivity index (χ0n) is 14.1. The Morgan fingerprint density at radius 1 is 1.08 bits per heavy atom. The molecule has 0 unspecified atom stereocenters. The summed E-state index contributed by atoms with van der Waals surface area (Å²) in [7, 11) is 0. The first-order chi connectivity index (χ1) is 12.1. The van der Waals surface area contributed by atoms with Gasteiger partial charge in [0.05, 0.1) is 0 Å². The third-order valence-corrected chi connectivity index (χ3v) is 4.72. The summed E-state index contributed by atoms with van der Waals surface area (Å²) in [6, 6.07) is 13.0. The van der Waals surface area contributed by atoms with E-state index in [4.69, 9.17) is 4.74 Å². The van der Waals surface area contributed by atoms with Crippen LogP contribution in [0.2, 0.25) is 0 Å². The summed E-state index contributed by atoms with van der Waals surface area (Å²) in [5.74, 6) is -0.824. The molecule has 2 N–H and O–H groups in total. The number of hydrogen-bond acceptors (Lipinski definition) is 4. The normalized spacial score (nSPS) is 17.8. The number of aliphatic carboxylic acids is 1. The molecule has 3 rings (SSSR count). The third kappa shape index (κ3) is 4.44. The van der Waals surface area contributed by atoms with Crippen LogP contribution in [0.25, 0.3) is 0 Å². The topological polar surface area (TPSA) is 79.7 Å². The highest BCUT2D eigenvalue weighted by Crippen LogP contribution is 2.26. The largest absolute Gasteiger partial charge is 0.479 e. The summed E-state index contributed by atoms with van der Waals surface area (Å²) in [4.78, 5) is 16.2. The summed E-state index contributed by atoms with van der Waals surface area (Å²) >= 11 is 0. The van der Waals surface area contributed by atoms with Crippen molar-refractivity contribution in [1.82, 2.24) is 4.98 Å². The Kier molecular flexibility index (Phi) is 5.46. The lowest BCUT2D eigenvalue weighted by molar-refractivity contribution is -0.158. The molecule has 1 aliphatic heterocycles. The molecule has 132 valence electrons. The summed E-state index contributed by atoms with van der Waals surface area (Å²) in [5, 5.41) is 20.2. The zero-order valence-corrected chi connectivity index (χ0v) is 14.1. The molecule has 1 aromatic carbocycles. The van der Waals surface area contributed by atoms with Gasteiger partial charge in [-0.3, -0.25) is 4.98 Å². The highest BCUT2D eigenvalue weighted by Gasteiger charge is 2.36. The molecule has 0 bridgehead atoms. The minimum absolute atomic E-state index is 0.0261. The highest BCUT2D eigenvalue weighted by atomic mass is 16.5. The predicted molar refractivity (Wildman–Crippen MR) is 93.5 cm³/mol. The maximum Gasteiger partial charge on any atom is 0.336 e. The van der Waals surface area contributed by atoms with Crippen LogP contribution in [0.5, 0.6) is 0 Å². The monoisotopic (exact) mass is 341 g/mol. The number of aromatic nitrogens is 1. The van der Waals surface area contributed by atoms with E-state index in [1.807, 2.05) is 42.5 Å². The third-order valence-electron chi connectivity index (χ3n) is 4.72. The Bertz CT molecular complexity index is 695. The van der Waals surface area contributed by atoms with Crippen LogP contribution >= 0.6 is 0 Å². The van der Waals surface area contributed by atoms with Crippen LogP contribution < -0.4 is 0 Å². The van der Waals surface area contributed by atoms with Gasteiger partial charge >= 0.3 is 5.97 Å². The van der Waals surface area contributed by atoms with Gasteiger partial charge in [-0.2, -0.15) is 0 Å². The van der Waals surface area contributed by atoms with Crippen molar-refractivity contribution in [3.63, 3.8) is 0 Å². The molecule has 1 atom stereocenters. The minimum atomic E-state index is -1.84. The fourth-order valence-electron chi connectivity index (χ4n) is 3.26. The van der Waals surface area contributed by atoms with E-state index < -0.39 is 11.6 Å². The van der Waals surface area contributed by atoms with Gasteiger partial charge in [-0.1, -0.05) is 36.4 Å². The van der Waals surface area contributed by atoms with Gasteiger partial charge in [-0.15, -0.1) is 0 Å². The molecule has 0 amide bonds. The second-order valence-electron chi connectivity index (χ2n) is 6.65. The summed E-state index contributed by atoms with van der Waals surface area (Å²) < 4.78 is 5.37. The van der Waals surface area contributed by atoms with Crippen LogP contribution in [0, 0.1) is 0 Å². The SMILES string of the molecule is O=C(O)[C@](O)(Cc1ccccc1)Cc1ccc(C2CCOCC2)nc1. The number of nitrogens with zero attached hydrogens (tertiary/aromatic N) is 1. The van der Waals surface area contributed by atoms with Gasteiger partial charge in [-0.05, 0) is 30.0 Å². The maximum atomic E-state index is 11.7. The predicted octanol–water partition coefficient (Wildman–Crippen LogP) is 2.58. The quantitative estimate of drug-likeness (QED) is 0.844. The van der Waals surface area contributed by atoms with E-state index in [2.05, 4.69) is 4.98 Å². The number of hydrogen-bond donors (Lipinski definition) is 2. The van der Waals surface area contributed by atoms with E-state index in [-0.39, 0.29) is 12.8 Å². The molecule has 5 heteroatoms. The molecule has 1 aliphatic rings. The molecule has 1 saturated heterocycles. The van der Waals surface area contributed by atoms with Gasteiger partial charge in [0.25, 0.3) is 0 Å². The summed E-state index contributed by atoms with van der Waals surface area (Å²) in [5.41, 5.74) is 0.674. The van der Waals surface area contributed by atoms with Crippen LogP contribution in [-0.2, 0) is 22.4 Å². The molecule has 25 heavy (non-hydrogen) atoms. The van der Waals surface area contributed by atoms with Gasteiger partial charge in [0, 0.05) is 43.9 Å². The molecule has 0 radical (unpaired) electrons. The second-order valence-corrected chi connectivity index (χ2v) is 6.65. The maximum absolute atomic E-state index is 11.7. The van der Waals surface area contributed by atoms with E-state index in [0.29, 0.717) is 5.92 Å². The van der Waals surface area contributed by atoms with Crippen molar-refractivity contribution in [2.75, 3.05) is 13.2 Å². The first kappa shape index (κ1) is 17.6. The lowest BCUT2D eigenvalue weighted by Gasteiger charge is -2.24. The van der Waals surface area contributed by atoms with Crippen LogP contribution in [0.4, 0.5) is 0 Å². The average molecular weight is 341 g/mol. The molecule has 0 saturated carbocycles. The van der Waals surface area contributed by atoms with Crippen LogP contribution in [0.1, 0.15) is 35.6 Å². The number of carbonyl (C=O) groups is 1. The molecule has 2 aromatic rings. The standard InChI is InChI=1S/C20H23NO4/c22-19(23)20(24,12-15-4-2-1-3-5-15)13-16-6-7-18(21-14-16)17-8-10-25-11-9-17/h1-7,14,17,24H,8-13H2,(H,22,23)/t20-/m0/s1. The van der Waals surface area contributed by atoms with Crippen LogP contribution in [-0.4, -0.2) is 40.0 Å². The fourth-order valence-corrected chi connectivity index (χ4v) is 3.26. The van der Waals surface area contributed by atoms with Gasteiger partial charge in [0.1, 0.15) is 0 Å². The Morgan fingerprint density at radius 3 is 2.36 bits per heavy atom. The van der Waals surface area contributed by atoms with Crippen molar-refractivity contribution in [3.8, 4) is 0 Å². The van der Waals surface area contributed by atoms with E-state index in [1.54, 1.807) is 6.20 Å². The fraction of sp³-hybridized carbons (Fsp3) is 0.400. The number of carboxylic acid groups (broad SMARTS) is 1. The molecular weight excluding hydrogens is 318 g/mol. The lowest BCUT2D eigenvalue weighted by Crippen LogP contribution is -2.43. The average Bonchev–Trinajstić information content (AvgIpc) is 2.64. The van der Waals surface area contributed by atoms with Crippen molar-refractivity contribution < 1.29 is 19.7 Å². The summed E-state index contributed by atoms with van der Waals surface area (Å²) in [6.07, 6.45) is 3.69. The number of benzene rings is 1. The van der Waals surface area contributed by atoms with Crippen molar-refractivity contribution in [2.24, 2.45) is 0 Å². The molecule has 5 nitrogen and oxygen atoms in total. The van der Waals surface area contributed by atoms with Crippen molar-refractivity contribution in [3.05, 3.63) is 65.5 Å². The van der Waals surface area contributed by atoms with Crippen molar-refractivity contribution in [2.45, 2.75) is 37.2 Å². The molecule has 0 spiro atoms. The number of pyridine rings is 1. The summed E-state index contributed by atoms with van der Waals surface area (Å²) in [6.45, 7) is 1.51. The van der Waals surface area contributed by atoms with Gasteiger partial charge < -0.3 is 14.9 Å². The smallest absolute Gasteiger partial charge is 0.336 e. The molecule has 2 heterocycles. The van der Waals surface area contributed by atoms with E-state index >= 15 is 0 Å². The molecule has 1 fully saturated rings. The second kappa shape index (κ2) is 7.76. The van der Waals surface area contributed by atoms with Crippen molar-refractivity contribution in [1.29, 1.82) is 0 Å².